The van der Waals surface area contributed by atoms with E-state index in [9.17, 15) is 22.8 Å². The Hall–Kier alpha value is -2.05. The molecule has 1 N–H and O–H groups in total. The number of rotatable bonds is 2. The minimum absolute atomic E-state index is 0.0359. The maximum absolute atomic E-state index is 12.6. The summed E-state index contributed by atoms with van der Waals surface area (Å²) in [5.74, 6) is 0.152. The zero-order chi connectivity index (χ0) is 16.6. The maximum Gasteiger partial charge on any atom is 0.393 e. The first kappa shape index (κ1) is 15.8. The van der Waals surface area contributed by atoms with Crippen molar-refractivity contribution in [3.8, 4) is 0 Å². The second-order valence-corrected chi connectivity index (χ2v) is 6.12. The van der Waals surface area contributed by atoms with Gasteiger partial charge < -0.3 is 10.2 Å². The number of fused-ring (bicyclic) bond motifs is 2. The van der Waals surface area contributed by atoms with E-state index in [1.54, 1.807) is 11.0 Å². The van der Waals surface area contributed by atoms with Crippen LogP contribution in [0.3, 0.4) is 0 Å². The molecule has 0 aromatic heterocycles. The second-order valence-electron chi connectivity index (χ2n) is 6.12. The summed E-state index contributed by atoms with van der Waals surface area (Å²) in [7, 11) is 0. The van der Waals surface area contributed by atoms with Crippen LogP contribution < -0.4 is 5.32 Å². The van der Waals surface area contributed by atoms with Crippen LogP contribution in [0.4, 0.5) is 23.7 Å². The number of amides is 2. The smallest absolute Gasteiger partial charge is 0.318 e. The lowest BCUT2D eigenvalue weighted by atomic mass is 10.0. The molecule has 2 heterocycles. The summed E-state index contributed by atoms with van der Waals surface area (Å²) in [6.45, 7) is 0. The Kier molecular flexibility index (Phi) is 4.04. The van der Waals surface area contributed by atoms with Crippen molar-refractivity contribution in [2.24, 2.45) is 0 Å². The Labute approximate surface area is 131 Å². The molecule has 7 heteroatoms. The number of halogens is 3. The van der Waals surface area contributed by atoms with Crippen LogP contribution in [0, 0.1) is 0 Å². The number of nitrogens with zero attached hydrogens (tertiary/aromatic N) is 1. The topological polar surface area (TPSA) is 49.4 Å². The summed E-state index contributed by atoms with van der Waals surface area (Å²) in [6.07, 6.45) is -3.20. The van der Waals surface area contributed by atoms with Crippen LogP contribution in [-0.4, -0.2) is 35.0 Å². The molecule has 2 bridgehead atoms. The molecule has 2 unspecified atom stereocenters. The van der Waals surface area contributed by atoms with E-state index in [1.165, 1.54) is 18.2 Å². The summed E-state index contributed by atoms with van der Waals surface area (Å²) in [4.78, 5) is 25.7. The van der Waals surface area contributed by atoms with Crippen LogP contribution in [0.1, 0.15) is 31.2 Å². The molecular weight excluding hydrogens is 309 g/mol. The van der Waals surface area contributed by atoms with Crippen LogP contribution in [0.2, 0.25) is 0 Å². The van der Waals surface area contributed by atoms with Crippen LogP contribution >= 0.6 is 0 Å². The van der Waals surface area contributed by atoms with Gasteiger partial charge in [-0.15, -0.1) is 0 Å². The molecule has 1 aromatic rings. The zero-order valence-corrected chi connectivity index (χ0v) is 12.4. The number of hydrogen-bond acceptors (Lipinski definition) is 2. The first-order valence-corrected chi connectivity index (χ1v) is 7.59. The molecule has 3 rings (SSSR count). The van der Waals surface area contributed by atoms with Gasteiger partial charge in [0.2, 0.25) is 0 Å². The number of ketones is 1. The van der Waals surface area contributed by atoms with Crippen molar-refractivity contribution in [1.82, 2.24) is 4.90 Å². The Bertz CT molecular complexity index is 614. The van der Waals surface area contributed by atoms with Crippen LogP contribution in [0.15, 0.2) is 24.3 Å². The molecule has 0 aliphatic carbocycles. The largest absolute Gasteiger partial charge is 0.393 e. The lowest BCUT2D eigenvalue weighted by Gasteiger charge is -2.34. The van der Waals surface area contributed by atoms with Gasteiger partial charge in [0.15, 0.2) is 0 Å². The van der Waals surface area contributed by atoms with E-state index in [1.807, 2.05) is 0 Å². The number of piperidine rings is 1. The average Bonchev–Trinajstić information content (AvgIpc) is 2.72. The van der Waals surface area contributed by atoms with Crippen LogP contribution in [0.25, 0.3) is 0 Å². The van der Waals surface area contributed by atoms with Crippen molar-refractivity contribution in [3.05, 3.63) is 29.8 Å². The lowest BCUT2D eigenvalue weighted by Crippen LogP contribution is -2.48. The number of nitrogens with one attached hydrogen (secondary N) is 1. The van der Waals surface area contributed by atoms with E-state index in [2.05, 4.69) is 5.32 Å². The molecule has 2 fully saturated rings. The fourth-order valence-electron chi connectivity index (χ4n) is 3.49. The SMILES string of the molecule is O=C1CC2CCC(C1)N2C(=O)Nc1ccccc1CC(F)(F)F. The van der Waals surface area contributed by atoms with E-state index < -0.39 is 18.6 Å². The molecule has 2 amide bonds. The van der Waals surface area contributed by atoms with Gasteiger partial charge in [-0.1, -0.05) is 18.2 Å². The molecule has 0 saturated carbocycles. The first-order valence-electron chi connectivity index (χ1n) is 7.59. The maximum atomic E-state index is 12.6. The number of carbonyl (C=O) groups excluding carboxylic acids is 2. The third-order valence-corrected chi connectivity index (χ3v) is 4.43. The number of urea groups is 1. The highest BCUT2D eigenvalue weighted by Gasteiger charge is 2.43. The molecule has 2 saturated heterocycles. The Morgan fingerprint density at radius 2 is 1.78 bits per heavy atom. The fraction of sp³-hybridized carbons (Fsp3) is 0.500. The fourth-order valence-corrected chi connectivity index (χ4v) is 3.49. The molecule has 23 heavy (non-hydrogen) atoms. The minimum Gasteiger partial charge on any atom is -0.318 e. The summed E-state index contributed by atoms with van der Waals surface area (Å²) >= 11 is 0. The van der Waals surface area contributed by atoms with Crippen LogP contribution in [-0.2, 0) is 11.2 Å². The van der Waals surface area contributed by atoms with Crippen molar-refractivity contribution in [2.75, 3.05) is 5.32 Å². The van der Waals surface area contributed by atoms with Gasteiger partial charge in [0.25, 0.3) is 0 Å². The zero-order valence-electron chi connectivity index (χ0n) is 12.4. The number of Topliss-reactive ketones (excluding diaryl/α,β-unsaturated/α-hetero) is 1. The monoisotopic (exact) mass is 326 g/mol. The standard InChI is InChI=1S/C16H17F3N2O2/c17-16(18,19)9-10-3-1-2-4-14(10)20-15(23)21-11-5-6-12(21)8-13(22)7-11/h1-4,11-12H,5-9H2,(H,20,23). The number of anilines is 1. The highest BCUT2D eigenvalue weighted by atomic mass is 19.4. The normalized spacial score (nSPS) is 24.0. The number of para-hydroxylation sites is 1. The Balaban J connectivity index is 1.75. The molecule has 0 spiro atoms. The molecule has 4 nitrogen and oxygen atoms in total. The molecule has 2 atom stereocenters. The number of benzene rings is 1. The summed E-state index contributed by atoms with van der Waals surface area (Å²) in [6, 6.07) is 5.25. The first-order chi connectivity index (χ1) is 10.8. The van der Waals surface area contributed by atoms with Gasteiger partial charge in [0.05, 0.1) is 6.42 Å². The summed E-state index contributed by atoms with van der Waals surface area (Å²) < 4.78 is 37.9. The Morgan fingerprint density at radius 3 is 2.39 bits per heavy atom. The van der Waals surface area contributed by atoms with E-state index in [0.29, 0.717) is 12.8 Å². The molecule has 2 aliphatic rings. The van der Waals surface area contributed by atoms with Crippen molar-refractivity contribution in [2.45, 2.75) is 50.4 Å². The third-order valence-electron chi connectivity index (χ3n) is 4.43. The van der Waals surface area contributed by atoms with E-state index >= 15 is 0 Å². The minimum atomic E-state index is -4.34. The van der Waals surface area contributed by atoms with Gasteiger partial charge in [-0.05, 0) is 24.5 Å². The highest BCUT2D eigenvalue weighted by Crippen LogP contribution is 2.35. The van der Waals surface area contributed by atoms with Crippen molar-refractivity contribution in [3.63, 3.8) is 0 Å². The number of alkyl halides is 3. The van der Waals surface area contributed by atoms with Gasteiger partial charge >= 0.3 is 12.2 Å². The second kappa shape index (κ2) is 5.86. The number of hydrogen-bond donors (Lipinski definition) is 1. The molecule has 2 aliphatic heterocycles. The van der Waals surface area contributed by atoms with Crippen LogP contribution in [0.5, 0.6) is 0 Å². The van der Waals surface area contributed by atoms with E-state index in [-0.39, 0.29) is 29.1 Å². The van der Waals surface area contributed by atoms with E-state index in [0.717, 1.165) is 12.8 Å². The average molecular weight is 326 g/mol. The van der Waals surface area contributed by atoms with Gasteiger partial charge in [0, 0.05) is 30.6 Å². The molecular formula is C16H17F3N2O2. The predicted octanol–water partition coefficient (Wildman–Crippen LogP) is 3.52. The highest BCUT2D eigenvalue weighted by molar-refractivity contribution is 5.93. The van der Waals surface area contributed by atoms with Gasteiger partial charge in [0.1, 0.15) is 5.78 Å². The Morgan fingerprint density at radius 1 is 1.17 bits per heavy atom. The number of carbonyl (C=O) groups is 2. The van der Waals surface area contributed by atoms with Gasteiger partial charge in [-0.3, -0.25) is 4.79 Å². The lowest BCUT2D eigenvalue weighted by molar-refractivity contribution is -0.127. The molecule has 0 radical (unpaired) electrons. The third kappa shape index (κ3) is 3.48. The predicted molar refractivity (Wildman–Crippen MR) is 78.1 cm³/mol. The van der Waals surface area contributed by atoms with Crippen molar-refractivity contribution in [1.29, 1.82) is 0 Å². The summed E-state index contributed by atoms with van der Waals surface area (Å²) in [5, 5.41) is 2.59. The summed E-state index contributed by atoms with van der Waals surface area (Å²) in [5.41, 5.74) is 0.208. The molecule has 124 valence electrons. The van der Waals surface area contributed by atoms with E-state index in [4.69, 9.17) is 0 Å². The van der Waals surface area contributed by atoms with Crippen molar-refractivity contribution >= 4 is 17.5 Å². The van der Waals surface area contributed by atoms with Crippen molar-refractivity contribution < 1.29 is 22.8 Å². The van der Waals surface area contributed by atoms with Gasteiger partial charge in [-0.25, -0.2) is 4.79 Å². The quantitative estimate of drug-likeness (QED) is 0.904. The molecule has 1 aromatic carbocycles. The van der Waals surface area contributed by atoms with Gasteiger partial charge in [-0.2, -0.15) is 13.2 Å².